The summed E-state index contributed by atoms with van der Waals surface area (Å²) in [7, 11) is 0. The smallest absolute Gasteiger partial charge is 0.218 e. The molecule has 0 aromatic heterocycles. The van der Waals surface area contributed by atoms with Crippen LogP contribution >= 0.6 is 0 Å². The molecule has 0 saturated carbocycles. The van der Waals surface area contributed by atoms with E-state index in [1.807, 2.05) is 0 Å². The molecule has 2 N–H and O–H groups in total. The fourth-order valence-electron chi connectivity index (χ4n) is 3.74. The van der Waals surface area contributed by atoms with Gasteiger partial charge in [0.1, 0.15) is 0 Å². The lowest BCUT2D eigenvalue weighted by Crippen LogP contribution is -2.27. The molecule has 1 amide bonds. The number of nitrogens with zero attached hydrogens (tertiary/aromatic N) is 1. The summed E-state index contributed by atoms with van der Waals surface area (Å²) in [4.78, 5) is 13.1. The molecule has 1 atom stereocenters. The average Bonchev–Trinajstić information content (AvgIpc) is 3.16. The van der Waals surface area contributed by atoms with E-state index in [1.165, 1.54) is 70.6 Å². The van der Waals surface area contributed by atoms with E-state index in [-0.39, 0.29) is 5.91 Å². The van der Waals surface area contributed by atoms with Crippen LogP contribution in [0.3, 0.4) is 0 Å². The Kier molecular flexibility index (Phi) is 16.9. The van der Waals surface area contributed by atoms with Crippen molar-refractivity contribution < 1.29 is 9.53 Å². The zero-order valence-corrected chi connectivity index (χ0v) is 19.0. The molecule has 1 aliphatic rings. The van der Waals surface area contributed by atoms with Crippen LogP contribution < -0.4 is 5.73 Å². The van der Waals surface area contributed by atoms with Crippen molar-refractivity contribution in [2.45, 2.75) is 103 Å². The van der Waals surface area contributed by atoms with Crippen molar-refractivity contribution in [1.82, 2.24) is 4.90 Å². The summed E-state index contributed by atoms with van der Waals surface area (Å²) in [6.45, 7) is 5.89. The van der Waals surface area contributed by atoms with E-state index in [9.17, 15) is 4.79 Å². The molecular formula is C25H46N2O2. The van der Waals surface area contributed by atoms with Gasteiger partial charge in [-0.15, -0.1) is 0 Å². The van der Waals surface area contributed by atoms with E-state index in [2.05, 4.69) is 36.1 Å². The maximum absolute atomic E-state index is 10.8. The number of carbonyl (C=O) groups excluding carboxylic acids is 1. The van der Waals surface area contributed by atoms with Crippen LogP contribution in [-0.2, 0) is 9.53 Å². The van der Waals surface area contributed by atoms with Crippen molar-refractivity contribution >= 4 is 5.91 Å². The normalized spacial score (nSPS) is 17.8. The van der Waals surface area contributed by atoms with Crippen LogP contribution in [0.15, 0.2) is 24.3 Å². The number of likely N-dealkylation sites (tertiary alicyclic amines) is 1. The van der Waals surface area contributed by atoms with E-state index < -0.39 is 0 Å². The van der Waals surface area contributed by atoms with E-state index >= 15 is 0 Å². The van der Waals surface area contributed by atoms with Crippen LogP contribution in [-0.4, -0.2) is 43.2 Å². The predicted molar refractivity (Wildman–Crippen MR) is 124 cm³/mol. The minimum atomic E-state index is -0.212. The van der Waals surface area contributed by atoms with Crippen LogP contribution in [0.1, 0.15) is 96.8 Å². The first-order valence-corrected chi connectivity index (χ1v) is 12.1. The lowest BCUT2D eigenvalue weighted by molar-refractivity contribution is -0.118. The maximum atomic E-state index is 10.8. The number of primary amides is 1. The van der Waals surface area contributed by atoms with Gasteiger partial charge in [-0.05, 0) is 44.9 Å². The number of nitrogens with two attached hydrogens (primary N) is 1. The summed E-state index contributed by atoms with van der Waals surface area (Å²) in [5.41, 5.74) is 5.21. The molecule has 0 bridgehead atoms. The number of ether oxygens (including phenoxy) is 1. The molecule has 0 aromatic rings. The zero-order valence-electron chi connectivity index (χ0n) is 19.0. The van der Waals surface area contributed by atoms with Gasteiger partial charge < -0.3 is 15.4 Å². The van der Waals surface area contributed by atoms with Crippen molar-refractivity contribution in [3.05, 3.63) is 24.3 Å². The summed E-state index contributed by atoms with van der Waals surface area (Å²) in [5.74, 6) is -0.212. The molecule has 0 aromatic carbocycles. The first-order chi connectivity index (χ1) is 14.2. The van der Waals surface area contributed by atoms with Gasteiger partial charge in [-0.3, -0.25) is 4.79 Å². The highest BCUT2D eigenvalue weighted by atomic mass is 16.5. The summed E-state index contributed by atoms with van der Waals surface area (Å²) in [6.07, 6.45) is 26.5. The van der Waals surface area contributed by atoms with Crippen LogP contribution in [0.2, 0.25) is 0 Å². The van der Waals surface area contributed by atoms with Gasteiger partial charge in [0, 0.05) is 32.7 Å². The Morgan fingerprint density at radius 3 is 2.31 bits per heavy atom. The largest absolute Gasteiger partial charge is 0.377 e. The fourth-order valence-corrected chi connectivity index (χ4v) is 3.74. The molecule has 1 aliphatic heterocycles. The van der Waals surface area contributed by atoms with E-state index in [0.29, 0.717) is 12.5 Å². The third kappa shape index (κ3) is 16.4. The number of amides is 1. The highest BCUT2D eigenvalue weighted by Crippen LogP contribution is 2.14. The second kappa shape index (κ2) is 18.9. The number of hydrogen-bond donors (Lipinski definition) is 1. The van der Waals surface area contributed by atoms with Crippen molar-refractivity contribution in [2.75, 3.05) is 26.2 Å². The monoisotopic (exact) mass is 406 g/mol. The standard InChI is InChI=1S/C25H46N2O2/c1-2-3-4-5-6-7-8-9-10-11-12-13-14-15-16-17-22-29-24-18-20-27(23-24)21-19-25(26)28/h6-7,9-10,24H,2-5,8,11-23H2,1H3,(H2,26,28)/b7-6-,10-9-/t24-/m0/s1. The van der Waals surface area contributed by atoms with Crippen molar-refractivity contribution in [1.29, 1.82) is 0 Å². The second-order valence-corrected chi connectivity index (χ2v) is 8.38. The molecule has 1 rings (SSSR count). The molecule has 4 nitrogen and oxygen atoms in total. The van der Waals surface area contributed by atoms with Crippen LogP contribution in [0.5, 0.6) is 0 Å². The molecule has 0 radical (unpaired) electrons. The highest BCUT2D eigenvalue weighted by Gasteiger charge is 2.22. The average molecular weight is 407 g/mol. The van der Waals surface area contributed by atoms with Crippen molar-refractivity contribution in [3.63, 3.8) is 0 Å². The van der Waals surface area contributed by atoms with E-state index in [0.717, 1.165) is 39.1 Å². The van der Waals surface area contributed by atoms with Crippen LogP contribution in [0.25, 0.3) is 0 Å². The minimum Gasteiger partial charge on any atom is -0.377 e. The number of unbranched alkanes of at least 4 members (excludes halogenated alkanes) is 9. The SMILES string of the molecule is CCCCC/C=C\C/C=C\CCCCCCCCO[C@H]1CCN(CCC(N)=O)C1. The molecule has 0 spiro atoms. The Balaban J connectivity index is 1.80. The Bertz CT molecular complexity index is 448. The number of rotatable bonds is 19. The Hall–Kier alpha value is -1.13. The molecule has 1 heterocycles. The summed E-state index contributed by atoms with van der Waals surface area (Å²) in [5, 5.41) is 0. The predicted octanol–water partition coefficient (Wildman–Crippen LogP) is 5.77. The summed E-state index contributed by atoms with van der Waals surface area (Å²) < 4.78 is 5.99. The molecule has 1 saturated heterocycles. The molecule has 168 valence electrons. The molecule has 0 unspecified atom stereocenters. The van der Waals surface area contributed by atoms with Gasteiger partial charge in [0.15, 0.2) is 0 Å². The first-order valence-electron chi connectivity index (χ1n) is 12.1. The maximum Gasteiger partial charge on any atom is 0.218 e. The minimum absolute atomic E-state index is 0.212. The fraction of sp³-hybridized carbons (Fsp3) is 0.800. The van der Waals surface area contributed by atoms with E-state index in [1.54, 1.807) is 0 Å². The highest BCUT2D eigenvalue weighted by molar-refractivity contribution is 5.73. The number of allylic oxidation sites excluding steroid dienone is 4. The number of carbonyl (C=O) groups is 1. The van der Waals surface area contributed by atoms with Gasteiger partial charge in [-0.2, -0.15) is 0 Å². The molecule has 1 fully saturated rings. The van der Waals surface area contributed by atoms with Gasteiger partial charge in [0.25, 0.3) is 0 Å². The lowest BCUT2D eigenvalue weighted by atomic mass is 10.1. The Morgan fingerprint density at radius 1 is 0.966 bits per heavy atom. The lowest BCUT2D eigenvalue weighted by Gasteiger charge is -2.15. The Morgan fingerprint density at radius 2 is 1.62 bits per heavy atom. The summed E-state index contributed by atoms with van der Waals surface area (Å²) in [6, 6.07) is 0. The van der Waals surface area contributed by atoms with Crippen LogP contribution in [0, 0.1) is 0 Å². The number of hydrogen-bond acceptors (Lipinski definition) is 3. The van der Waals surface area contributed by atoms with Gasteiger partial charge in [0.05, 0.1) is 6.10 Å². The topological polar surface area (TPSA) is 55.6 Å². The van der Waals surface area contributed by atoms with Crippen molar-refractivity contribution in [3.8, 4) is 0 Å². The third-order valence-corrected chi connectivity index (χ3v) is 5.60. The van der Waals surface area contributed by atoms with E-state index in [4.69, 9.17) is 10.5 Å². The van der Waals surface area contributed by atoms with Gasteiger partial charge >= 0.3 is 0 Å². The molecular weight excluding hydrogens is 360 g/mol. The quantitative estimate of drug-likeness (QED) is 0.219. The first kappa shape index (κ1) is 25.9. The molecule has 29 heavy (non-hydrogen) atoms. The van der Waals surface area contributed by atoms with Crippen molar-refractivity contribution in [2.24, 2.45) is 5.73 Å². The summed E-state index contributed by atoms with van der Waals surface area (Å²) >= 11 is 0. The van der Waals surface area contributed by atoms with Gasteiger partial charge in [-0.25, -0.2) is 0 Å². The third-order valence-electron chi connectivity index (χ3n) is 5.60. The Labute approximate surface area is 179 Å². The van der Waals surface area contributed by atoms with Gasteiger partial charge in [0.2, 0.25) is 5.91 Å². The second-order valence-electron chi connectivity index (χ2n) is 8.38. The van der Waals surface area contributed by atoms with Crippen LogP contribution in [0.4, 0.5) is 0 Å². The van der Waals surface area contributed by atoms with Gasteiger partial charge in [-0.1, -0.05) is 69.8 Å². The molecule has 4 heteroatoms. The molecule has 0 aliphatic carbocycles. The zero-order chi connectivity index (χ0) is 21.0.